The zero-order chi connectivity index (χ0) is 24.0. The van der Waals surface area contributed by atoms with Crippen LogP contribution < -0.4 is 4.74 Å². The molecule has 34 heavy (non-hydrogen) atoms. The number of nitrogens with zero attached hydrogens (tertiary/aromatic N) is 1. The van der Waals surface area contributed by atoms with Gasteiger partial charge in [0.1, 0.15) is 5.75 Å². The Morgan fingerprint density at radius 3 is 1.97 bits per heavy atom. The van der Waals surface area contributed by atoms with E-state index in [-0.39, 0.29) is 0 Å². The molecule has 0 fully saturated rings. The topological polar surface area (TPSA) is 13.6 Å². The van der Waals surface area contributed by atoms with Crippen LogP contribution in [-0.4, -0.2) is 6.61 Å². The fourth-order valence-electron chi connectivity index (χ4n) is 4.29. The van der Waals surface area contributed by atoms with Crippen LogP contribution in [0.2, 0.25) is 0 Å². The summed E-state index contributed by atoms with van der Waals surface area (Å²) in [6, 6.07) is 23.2. The summed E-state index contributed by atoms with van der Waals surface area (Å²) >= 11 is 0. The van der Waals surface area contributed by atoms with E-state index in [1.165, 1.54) is 56.9 Å². The number of unbranched alkanes of at least 4 members (excludes halogenated alkanes) is 7. The molecule has 0 radical (unpaired) electrons. The van der Waals surface area contributed by atoms with E-state index in [1.54, 1.807) is 0 Å². The van der Waals surface area contributed by atoms with Crippen molar-refractivity contribution >= 4 is 5.69 Å². The van der Waals surface area contributed by atoms with E-state index >= 15 is 0 Å². The Kier molecular flexibility index (Phi) is 10.7. The highest BCUT2D eigenvalue weighted by molar-refractivity contribution is 5.83. The van der Waals surface area contributed by atoms with Crippen LogP contribution in [0.25, 0.3) is 27.1 Å². The Hall–Kier alpha value is -3.05. The molecule has 0 aliphatic heterocycles. The van der Waals surface area contributed by atoms with Crippen molar-refractivity contribution in [3.05, 3.63) is 83.7 Å². The van der Waals surface area contributed by atoms with Crippen LogP contribution in [-0.2, 0) is 6.42 Å². The molecule has 0 aromatic heterocycles. The summed E-state index contributed by atoms with van der Waals surface area (Å²) in [5, 5.41) is 0. The van der Waals surface area contributed by atoms with Gasteiger partial charge in [-0.05, 0) is 65.3 Å². The first-order chi connectivity index (χ1) is 16.7. The van der Waals surface area contributed by atoms with Crippen LogP contribution >= 0.6 is 0 Å². The van der Waals surface area contributed by atoms with Crippen LogP contribution in [0.3, 0.4) is 0 Å². The molecule has 0 unspecified atom stereocenters. The van der Waals surface area contributed by atoms with Crippen LogP contribution in [0.15, 0.2) is 66.7 Å². The summed E-state index contributed by atoms with van der Waals surface area (Å²) in [7, 11) is 0. The quantitative estimate of drug-likeness (QED) is 0.175. The Morgan fingerprint density at radius 2 is 1.26 bits per heavy atom. The van der Waals surface area contributed by atoms with Gasteiger partial charge in [0, 0.05) is 0 Å². The highest BCUT2D eigenvalue weighted by Crippen LogP contribution is 2.35. The van der Waals surface area contributed by atoms with Crippen molar-refractivity contribution in [2.75, 3.05) is 6.61 Å². The van der Waals surface area contributed by atoms with E-state index in [9.17, 15) is 0 Å². The van der Waals surface area contributed by atoms with Gasteiger partial charge in [-0.1, -0.05) is 107 Å². The summed E-state index contributed by atoms with van der Waals surface area (Å²) in [4.78, 5) is 3.84. The second kappa shape index (κ2) is 14.3. The van der Waals surface area contributed by atoms with Gasteiger partial charge in [-0.2, -0.15) is 0 Å². The predicted octanol–water partition coefficient (Wildman–Crippen LogP) is 10.0. The first-order valence-electron chi connectivity index (χ1n) is 13.1. The van der Waals surface area contributed by atoms with E-state index in [4.69, 9.17) is 11.3 Å². The molecule has 0 amide bonds. The average molecular weight is 454 g/mol. The normalized spacial score (nSPS) is 10.7. The van der Waals surface area contributed by atoms with Gasteiger partial charge in [0.15, 0.2) is 5.69 Å². The Bertz CT molecular complexity index is 1030. The maximum atomic E-state index is 7.73. The maximum absolute atomic E-state index is 7.73. The SMILES string of the molecule is [C-]#[N+]c1cc(-c2ccc(OCCCCCCCC)cc2)ccc1-c1ccc(CCCCC)cc1. The second-order valence-electron chi connectivity index (χ2n) is 9.14. The molecule has 0 aliphatic rings. The van der Waals surface area contributed by atoms with Gasteiger partial charge >= 0.3 is 0 Å². The highest BCUT2D eigenvalue weighted by atomic mass is 16.5. The van der Waals surface area contributed by atoms with Gasteiger partial charge in [0.05, 0.1) is 13.2 Å². The number of rotatable bonds is 14. The summed E-state index contributed by atoms with van der Waals surface area (Å²) in [6.07, 6.45) is 12.5. The molecule has 0 aliphatic carbocycles. The first kappa shape index (κ1) is 25.6. The molecule has 0 saturated heterocycles. The number of ether oxygens (including phenoxy) is 1. The van der Waals surface area contributed by atoms with Crippen molar-refractivity contribution < 1.29 is 4.74 Å². The van der Waals surface area contributed by atoms with Crippen LogP contribution in [0.5, 0.6) is 5.75 Å². The van der Waals surface area contributed by atoms with Gasteiger partial charge in [0.25, 0.3) is 0 Å². The van der Waals surface area contributed by atoms with Crippen molar-refractivity contribution in [3.63, 3.8) is 0 Å². The predicted molar refractivity (Wildman–Crippen MR) is 146 cm³/mol. The van der Waals surface area contributed by atoms with Crippen molar-refractivity contribution in [1.82, 2.24) is 0 Å². The molecule has 0 heterocycles. The second-order valence-corrected chi connectivity index (χ2v) is 9.14. The molecule has 178 valence electrons. The standard InChI is InChI=1S/C32H39NO/c1-4-6-8-9-10-12-24-34-30-21-18-27(19-22-30)29-20-23-31(32(25-29)33-3)28-16-14-26(15-17-28)13-11-7-5-2/h14-23,25H,4-13,24H2,1-2H3. The van der Waals surface area contributed by atoms with E-state index < -0.39 is 0 Å². The fraction of sp³-hybridized carbons (Fsp3) is 0.406. The summed E-state index contributed by atoms with van der Waals surface area (Å²) < 4.78 is 5.92. The van der Waals surface area contributed by atoms with Crippen LogP contribution in [0.1, 0.15) is 77.2 Å². The molecule has 3 aromatic rings. The molecule has 3 aromatic carbocycles. The Labute approximate surface area is 206 Å². The fourth-order valence-corrected chi connectivity index (χ4v) is 4.29. The minimum atomic E-state index is 0.694. The third-order valence-corrected chi connectivity index (χ3v) is 6.41. The Balaban J connectivity index is 1.60. The van der Waals surface area contributed by atoms with E-state index in [1.807, 2.05) is 18.2 Å². The first-order valence-corrected chi connectivity index (χ1v) is 13.1. The van der Waals surface area contributed by atoms with Gasteiger partial charge < -0.3 is 4.74 Å². The molecular weight excluding hydrogens is 414 g/mol. The average Bonchev–Trinajstić information content (AvgIpc) is 2.89. The zero-order valence-electron chi connectivity index (χ0n) is 21.0. The van der Waals surface area contributed by atoms with E-state index in [0.29, 0.717) is 5.69 Å². The maximum Gasteiger partial charge on any atom is 0.195 e. The third kappa shape index (κ3) is 7.77. The highest BCUT2D eigenvalue weighted by Gasteiger charge is 2.08. The molecule has 0 bridgehead atoms. The number of aryl methyl sites for hydroxylation is 1. The molecular formula is C32H39NO. The lowest BCUT2D eigenvalue weighted by molar-refractivity contribution is 0.304. The number of hydrogen-bond donors (Lipinski definition) is 0. The molecule has 0 atom stereocenters. The summed E-state index contributed by atoms with van der Waals surface area (Å²) in [5.41, 5.74) is 6.34. The number of benzene rings is 3. The van der Waals surface area contributed by atoms with Crippen molar-refractivity contribution in [2.45, 2.75) is 78.1 Å². The molecule has 3 rings (SSSR count). The lowest BCUT2D eigenvalue weighted by atomic mass is 9.97. The smallest absolute Gasteiger partial charge is 0.195 e. The van der Waals surface area contributed by atoms with Gasteiger partial charge in [-0.3, -0.25) is 0 Å². The largest absolute Gasteiger partial charge is 0.494 e. The minimum absolute atomic E-state index is 0.694. The molecule has 0 N–H and O–H groups in total. The number of hydrogen-bond acceptors (Lipinski definition) is 1. The van der Waals surface area contributed by atoms with Gasteiger partial charge in [-0.15, -0.1) is 0 Å². The van der Waals surface area contributed by atoms with Crippen LogP contribution in [0.4, 0.5) is 5.69 Å². The Morgan fingerprint density at radius 1 is 0.647 bits per heavy atom. The van der Waals surface area contributed by atoms with Crippen molar-refractivity contribution in [2.24, 2.45) is 0 Å². The molecule has 2 nitrogen and oxygen atoms in total. The zero-order valence-corrected chi connectivity index (χ0v) is 21.0. The van der Waals surface area contributed by atoms with Crippen molar-refractivity contribution in [3.8, 4) is 28.0 Å². The van der Waals surface area contributed by atoms with E-state index in [0.717, 1.165) is 47.5 Å². The minimum Gasteiger partial charge on any atom is -0.494 e. The van der Waals surface area contributed by atoms with Gasteiger partial charge in [0.2, 0.25) is 0 Å². The lowest BCUT2D eigenvalue weighted by Gasteiger charge is -2.10. The summed E-state index contributed by atoms with van der Waals surface area (Å²) in [6.45, 7) is 13.0. The third-order valence-electron chi connectivity index (χ3n) is 6.41. The lowest BCUT2D eigenvalue weighted by Crippen LogP contribution is -1.97. The monoisotopic (exact) mass is 453 g/mol. The molecule has 2 heteroatoms. The van der Waals surface area contributed by atoms with Gasteiger partial charge in [-0.25, -0.2) is 4.85 Å². The van der Waals surface area contributed by atoms with Crippen molar-refractivity contribution in [1.29, 1.82) is 0 Å². The summed E-state index contributed by atoms with van der Waals surface area (Å²) in [5.74, 6) is 0.915. The van der Waals surface area contributed by atoms with Crippen LogP contribution in [0, 0.1) is 6.57 Å². The molecule has 0 saturated carbocycles. The molecule has 0 spiro atoms. The van der Waals surface area contributed by atoms with E-state index in [2.05, 4.69) is 67.2 Å².